The van der Waals surface area contributed by atoms with Crippen LogP contribution in [0.3, 0.4) is 0 Å². The molecule has 0 saturated heterocycles. The van der Waals surface area contributed by atoms with Crippen molar-refractivity contribution in [2.75, 3.05) is 6.61 Å². The number of aliphatic hydroxyl groups excluding tert-OH is 1. The first-order valence-corrected chi connectivity index (χ1v) is 4.25. The molecule has 13 heavy (non-hydrogen) atoms. The maximum atomic E-state index is 8.56. The zero-order chi connectivity index (χ0) is 9.52. The monoisotopic (exact) mass is 175 g/mol. The third-order valence-electron chi connectivity index (χ3n) is 1.68. The molecular formula is C11H13NO. The molecule has 0 unspecified atom stereocenters. The number of hydrogen-bond donors (Lipinski definition) is 2. The number of benzene rings is 1. The Bertz CT molecular complexity index is 305. The normalized spacial score (nSPS) is 10.5. The Morgan fingerprint density at radius 1 is 1.31 bits per heavy atom. The van der Waals surface area contributed by atoms with Crippen molar-refractivity contribution in [2.24, 2.45) is 0 Å². The molecule has 0 aromatic heterocycles. The molecule has 0 aliphatic rings. The Hall–Kier alpha value is -1.41. The van der Waals surface area contributed by atoms with Gasteiger partial charge in [-0.1, -0.05) is 30.4 Å². The van der Waals surface area contributed by atoms with Crippen LogP contribution < -0.4 is 0 Å². The fourth-order valence-corrected chi connectivity index (χ4v) is 1.05. The van der Waals surface area contributed by atoms with Crippen LogP contribution in [0.4, 0.5) is 0 Å². The van der Waals surface area contributed by atoms with Crippen LogP contribution in [0.15, 0.2) is 30.3 Å². The van der Waals surface area contributed by atoms with E-state index in [-0.39, 0.29) is 6.61 Å². The van der Waals surface area contributed by atoms with Gasteiger partial charge >= 0.3 is 0 Å². The number of hydrogen-bond acceptors (Lipinski definition) is 2. The molecule has 0 radical (unpaired) electrons. The van der Waals surface area contributed by atoms with Gasteiger partial charge in [0.15, 0.2) is 0 Å². The highest BCUT2D eigenvalue weighted by Gasteiger charge is 1.88. The second kappa shape index (κ2) is 5.27. The molecule has 0 spiro atoms. The highest BCUT2D eigenvalue weighted by molar-refractivity contribution is 5.78. The van der Waals surface area contributed by atoms with Crippen molar-refractivity contribution in [3.05, 3.63) is 41.5 Å². The van der Waals surface area contributed by atoms with Crippen LogP contribution in [0.5, 0.6) is 0 Å². The summed E-state index contributed by atoms with van der Waals surface area (Å²) >= 11 is 0. The van der Waals surface area contributed by atoms with Gasteiger partial charge in [0.05, 0.1) is 0 Å². The smallest absolute Gasteiger partial charge is 0.0465 e. The molecule has 1 rings (SSSR count). The van der Waals surface area contributed by atoms with Gasteiger partial charge in [0.1, 0.15) is 0 Å². The van der Waals surface area contributed by atoms with E-state index in [1.54, 1.807) is 0 Å². The summed E-state index contributed by atoms with van der Waals surface area (Å²) in [6, 6.07) is 7.71. The van der Waals surface area contributed by atoms with E-state index < -0.39 is 0 Å². The molecule has 0 saturated carbocycles. The van der Waals surface area contributed by atoms with Gasteiger partial charge in [-0.3, -0.25) is 0 Å². The largest absolute Gasteiger partial charge is 0.396 e. The first-order chi connectivity index (χ1) is 6.36. The van der Waals surface area contributed by atoms with Gasteiger partial charge in [-0.05, 0) is 23.6 Å². The topological polar surface area (TPSA) is 44.1 Å². The lowest BCUT2D eigenvalue weighted by Crippen LogP contribution is -1.80. The molecule has 0 fully saturated rings. The van der Waals surface area contributed by atoms with E-state index in [1.807, 2.05) is 36.4 Å². The Morgan fingerprint density at radius 3 is 2.77 bits per heavy atom. The minimum Gasteiger partial charge on any atom is -0.396 e. The van der Waals surface area contributed by atoms with Crippen molar-refractivity contribution in [1.82, 2.24) is 0 Å². The van der Waals surface area contributed by atoms with E-state index >= 15 is 0 Å². The molecule has 68 valence electrons. The predicted molar refractivity (Wildman–Crippen MR) is 55.1 cm³/mol. The van der Waals surface area contributed by atoms with Crippen molar-refractivity contribution in [3.8, 4) is 0 Å². The highest BCUT2D eigenvalue weighted by atomic mass is 16.2. The summed E-state index contributed by atoms with van der Waals surface area (Å²) in [6.45, 7) is 0.181. The van der Waals surface area contributed by atoms with E-state index in [0.29, 0.717) is 6.42 Å². The molecular weight excluding hydrogens is 162 g/mol. The lowest BCUT2D eigenvalue weighted by Gasteiger charge is -1.94. The molecule has 2 nitrogen and oxygen atoms in total. The van der Waals surface area contributed by atoms with Crippen LogP contribution in [-0.4, -0.2) is 17.9 Å². The Morgan fingerprint density at radius 2 is 2.08 bits per heavy atom. The second-order valence-corrected chi connectivity index (χ2v) is 2.73. The molecule has 2 heteroatoms. The maximum Gasteiger partial charge on any atom is 0.0465 e. The maximum absolute atomic E-state index is 8.56. The van der Waals surface area contributed by atoms with Crippen molar-refractivity contribution >= 4 is 12.3 Å². The van der Waals surface area contributed by atoms with Crippen molar-refractivity contribution < 1.29 is 5.11 Å². The minimum atomic E-state index is 0.181. The minimum absolute atomic E-state index is 0.181. The summed E-state index contributed by atoms with van der Waals surface area (Å²) in [5.74, 6) is 0. The third kappa shape index (κ3) is 3.22. The zero-order valence-corrected chi connectivity index (χ0v) is 7.40. The SMILES string of the molecule is N=Cc1cccc(/C=C/CCO)c1. The highest BCUT2D eigenvalue weighted by Crippen LogP contribution is 2.05. The van der Waals surface area contributed by atoms with Gasteiger partial charge in [0.25, 0.3) is 0 Å². The predicted octanol–water partition coefficient (Wildman–Crippen LogP) is 2.08. The summed E-state index contributed by atoms with van der Waals surface area (Å²) in [4.78, 5) is 0. The quantitative estimate of drug-likeness (QED) is 0.676. The lowest BCUT2D eigenvalue weighted by molar-refractivity contribution is 0.303. The van der Waals surface area contributed by atoms with Crippen LogP contribution >= 0.6 is 0 Å². The average molecular weight is 175 g/mol. The Labute approximate surface area is 78.0 Å². The molecule has 2 N–H and O–H groups in total. The van der Waals surface area contributed by atoms with Crippen molar-refractivity contribution in [3.63, 3.8) is 0 Å². The number of rotatable bonds is 4. The van der Waals surface area contributed by atoms with Crippen molar-refractivity contribution in [2.45, 2.75) is 6.42 Å². The molecule has 0 bridgehead atoms. The number of nitrogens with one attached hydrogen (secondary N) is 1. The fraction of sp³-hybridized carbons (Fsp3) is 0.182. The van der Waals surface area contributed by atoms with Gasteiger partial charge < -0.3 is 10.5 Å². The van der Waals surface area contributed by atoms with Crippen LogP contribution in [0, 0.1) is 5.41 Å². The third-order valence-corrected chi connectivity index (χ3v) is 1.68. The van der Waals surface area contributed by atoms with E-state index in [2.05, 4.69) is 0 Å². The molecule has 0 amide bonds. The first kappa shape index (κ1) is 9.68. The van der Waals surface area contributed by atoms with Crippen LogP contribution in [0.1, 0.15) is 17.5 Å². The first-order valence-electron chi connectivity index (χ1n) is 4.25. The Balaban J connectivity index is 2.71. The van der Waals surface area contributed by atoms with Gasteiger partial charge in [0.2, 0.25) is 0 Å². The Kier molecular flexibility index (Phi) is 3.93. The van der Waals surface area contributed by atoms with Crippen LogP contribution in [0.25, 0.3) is 6.08 Å². The molecule has 1 aromatic rings. The van der Waals surface area contributed by atoms with E-state index in [1.165, 1.54) is 6.21 Å². The van der Waals surface area contributed by atoms with Crippen molar-refractivity contribution in [1.29, 1.82) is 5.41 Å². The van der Waals surface area contributed by atoms with Gasteiger partial charge in [-0.25, -0.2) is 0 Å². The summed E-state index contributed by atoms with van der Waals surface area (Å²) < 4.78 is 0. The van der Waals surface area contributed by atoms with Gasteiger partial charge in [-0.2, -0.15) is 0 Å². The fourth-order valence-electron chi connectivity index (χ4n) is 1.05. The van der Waals surface area contributed by atoms with E-state index in [4.69, 9.17) is 10.5 Å². The van der Waals surface area contributed by atoms with Gasteiger partial charge in [-0.15, -0.1) is 0 Å². The van der Waals surface area contributed by atoms with Crippen LogP contribution in [0.2, 0.25) is 0 Å². The molecule has 1 aromatic carbocycles. The second-order valence-electron chi connectivity index (χ2n) is 2.73. The van der Waals surface area contributed by atoms with E-state index in [0.717, 1.165) is 11.1 Å². The standard InChI is InChI=1S/C11H13NO/c12-9-11-6-3-5-10(8-11)4-1-2-7-13/h1,3-6,8-9,12-13H,2,7H2/b4-1+,12-9?. The molecule has 0 aliphatic heterocycles. The average Bonchev–Trinajstić information content (AvgIpc) is 2.19. The lowest BCUT2D eigenvalue weighted by atomic mass is 10.1. The summed E-state index contributed by atoms with van der Waals surface area (Å²) in [7, 11) is 0. The summed E-state index contributed by atoms with van der Waals surface area (Å²) in [5.41, 5.74) is 1.96. The summed E-state index contributed by atoms with van der Waals surface area (Å²) in [5, 5.41) is 15.6. The molecule has 0 aliphatic carbocycles. The van der Waals surface area contributed by atoms with Gasteiger partial charge in [0, 0.05) is 12.8 Å². The van der Waals surface area contributed by atoms with Crippen LogP contribution in [-0.2, 0) is 0 Å². The summed E-state index contributed by atoms with van der Waals surface area (Å²) in [6.07, 6.45) is 5.87. The zero-order valence-electron chi connectivity index (χ0n) is 7.40. The van der Waals surface area contributed by atoms with E-state index in [9.17, 15) is 0 Å². The molecule has 0 atom stereocenters. The molecule has 0 heterocycles. The number of aliphatic hydroxyl groups is 1.